The maximum atomic E-state index is 11.7. The Morgan fingerprint density at radius 3 is 3.00 bits per heavy atom. The topological polar surface area (TPSA) is 57.3 Å². The number of hydrogen-bond acceptors (Lipinski definition) is 4. The molecule has 1 amide bonds. The van der Waals surface area contributed by atoms with E-state index < -0.39 is 0 Å². The fourth-order valence-corrected chi connectivity index (χ4v) is 2.30. The smallest absolute Gasteiger partial charge is 0.237 e. The summed E-state index contributed by atoms with van der Waals surface area (Å²) in [6, 6.07) is 4.00. The van der Waals surface area contributed by atoms with Crippen LogP contribution in [-0.2, 0) is 11.3 Å². The SMILES string of the molecule is CCC1C(=O)NCCN1Cc1ccc(NC)nc1. The average molecular weight is 248 g/mol. The van der Waals surface area contributed by atoms with E-state index in [4.69, 9.17) is 0 Å². The minimum Gasteiger partial charge on any atom is -0.373 e. The van der Waals surface area contributed by atoms with E-state index >= 15 is 0 Å². The van der Waals surface area contributed by atoms with Crippen LogP contribution in [0.25, 0.3) is 0 Å². The van der Waals surface area contributed by atoms with Crippen molar-refractivity contribution in [1.82, 2.24) is 15.2 Å². The van der Waals surface area contributed by atoms with E-state index in [2.05, 4.69) is 26.6 Å². The summed E-state index contributed by atoms with van der Waals surface area (Å²) in [5.74, 6) is 1.01. The number of piperazine rings is 1. The van der Waals surface area contributed by atoms with Gasteiger partial charge in [-0.05, 0) is 18.1 Å². The molecule has 5 heteroatoms. The maximum absolute atomic E-state index is 11.7. The van der Waals surface area contributed by atoms with Crippen LogP contribution in [0.3, 0.4) is 0 Å². The van der Waals surface area contributed by atoms with Crippen LogP contribution in [0.1, 0.15) is 18.9 Å². The average Bonchev–Trinajstić information content (AvgIpc) is 2.40. The first-order valence-electron chi connectivity index (χ1n) is 6.39. The molecule has 18 heavy (non-hydrogen) atoms. The lowest BCUT2D eigenvalue weighted by Gasteiger charge is -2.34. The number of anilines is 1. The van der Waals surface area contributed by atoms with Crippen molar-refractivity contribution < 1.29 is 4.79 Å². The largest absolute Gasteiger partial charge is 0.373 e. The number of pyridine rings is 1. The first-order valence-corrected chi connectivity index (χ1v) is 6.39. The van der Waals surface area contributed by atoms with Gasteiger partial charge in [-0.1, -0.05) is 13.0 Å². The minimum atomic E-state index is -0.0114. The third kappa shape index (κ3) is 2.79. The number of nitrogens with zero attached hydrogens (tertiary/aromatic N) is 2. The van der Waals surface area contributed by atoms with Crippen molar-refractivity contribution in [2.75, 3.05) is 25.5 Å². The van der Waals surface area contributed by atoms with Crippen molar-refractivity contribution in [3.05, 3.63) is 23.9 Å². The molecular weight excluding hydrogens is 228 g/mol. The predicted molar refractivity (Wildman–Crippen MR) is 71.3 cm³/mol. The zero-order valence-corrected chi connectivity index (χ0v) is 10.9. The highest BCUT2D eigenvalue weighted by Crippen LogP contribution is 2.14. The molecule has 2 heterocycles. The summed E-state index contributed by atoms with van der Waals surface area (Å²) < 4.78 is 0. The Morgan fingerprint density at radius 2 is 2.39 bits per heavy atom. The molecule has 1 unspecified atom stereocenters. The van der Waals surface area contributed by atoms with E-state index in [0.29, 0.717) is 0 Å². The van der Waals surface area contributed by atoms with E-state index in [1.165, 1.54) is 0 Å². The molecule has 0 aliphatic carbocycles. The second kappa shape index (κ2) is 5.82. The molecule has 1 saturated heterocycles. The third-order valence-electron chi connectivity index (χ3n) is 3.29. The van der Waals surface area contributed by atoms with Crippen molar-refractivity contribution in [3.8, 4) is 0 Å². The van der Waals surface area contributed by atoms with Gasteiger partial charge in [-0.3, -0.25) is 9.69 Å². The molecule has 1 aromatic rings. The fraction of sp³-hybridized carbons (Fsp3) is 0.538. The molecule has 1 aliphatic rings. The molecule has 0 radical (unpaired) electrons. The maximum Gasteiger partial charge on any atom is 0.237 e. The summed E-state index contributed by atoms with van der Waals surface area (Å²) in [7, 11) is 1.85. The van der Waals surface area contributed by atoms with E-state index in [9.17, 15) is 4.79 Å². The molecule has 5 nitrogen and oxygen atoms in total. The Morgan fingerprint density at radius 1 is 1.56 bits per heavy atom. The zero-order valence-electron chi connectivity index (χ0n) is 10.9. The number of rotatable bonds is 4. The van der Waals surface area contributed by atoms with Gasteiger partial charge in [0.25, 0.3) is 0 Å². The van der Waals surface area contributed by atoms with E-state index in [0.717, 1.165) is 37.4 Å². The first kappa shape index (κ1) is 12.8. The van der Waals surface area contributed by atoms with Gasteiger partial charge in [-0.15, -0.1) is 0 Å². The molecular formula is C13H20N4O. The normalized spacial score (nSPS) is 20.6. The third-order valence-corrected chi connectivity index (χ3v) is 3.29. The molecule has 1 atom stereocenters. The molecule has 0 bridgehead atoms. The second-order valence-corrected chi connectivity index (χ2v) is 4.49. The van der Waals surface area contributed by atoms with E-state index in [-0.39, 0.29) is 11.9 Å². The van der Waals surface area contributed by atoms with Crippen molar-refractivity contribution in [1.29, 1.82) is 0 Å². The lowest BCUT2D eigenvalue weighted by molar-refractivity contribution is -0.129. The highest BCUT2D eigenvalue weighted by molar-refractivity contribution is 5.82. The summed E-state index contributed by atoms with van der Waals surface area (Å²) >= 11 is 0. The Bertz CT molecular complexity index is 404. The standard InChI is InChI=1S/C13H20N4O/c1-3-11-13(18)15-6-7-17(11)9-10-4-5-12(14-2)16-8-10/h4-5,8,11H,3,6-7,9H2,1-2H3,(H,14,16)(H,15,18). The van der Waals surface area contributed by atoms with Crippen LogP contribution in [0.4, 0.5) is 5.82 Å². The molecule has 98 valence electrons. The summed E-state index contributed by atoms with van der Waals surface area (Å²) in [6.45, 7) is 4.46. The summed E-state index contributed by atoms with van der Waals surface area (Å²) in [5, 5.41) is 5.91. The number of aromatic nitrogens is 1. The van der Waals surface area contributed by atoms with Gasteiger partial charge < -0.3 is 10.6 Å². The second-order valence-electron chi connectivity index (χ2n) is 4.49. The summed E-state index contributed by atoms with van der Waals surface area (Å²) in [4.78, 5) is 18.3. The lowest BCUT2D eigenvalue weighted by Crippen LogP contribution is -2.54. The number of hydrogen-bond donors (Lipinski definition) is 2. The lowest BCUT2D eigenvalue weighted by atomic mass is 10.1. The van der Waals surface area contributed by atoms with Gasteiger partial charge in [0.1, 0.15) is 5.82 Å². The predicted octanol–water partition coefficient (Wildman–Crippen LogP) is 0.834. The van der Waals surface area contributed by atoms with Crippen molar-refractivity contribution in [2.24, 2.45) is 0 Å². The monoisotopic (exact) mass is 248 g/mol. The summed E-state index contributed by atoms with van der Waals surface area (Å²) in [6.07, 6.45) is 2.71. The first-order chi connectivity index (χ1) is 8.74. The van der Waals surface area contributed by atoms with Crippen LogP contribution in [0.5, 0.6) is 0 Å². The molecule has 1 aromatic heterocycles. The van der Waals surface area contributed by atoms with Crippen molar-refractivity contribution in [2.45, 2.75) is 25.9 Å². The number of carbonyl (C=O) groups is 1. The van der Waals surface area contributed by atoms with Gasteiger partial charge in [0.05, 0.1) is 6.04 Å². The highest BCUT2D eigenvalue weighted by atomic mass is 16.2. The highest BCUT2D eigenvalue weighted by Gasteiger charge is 2.27. The van der Waals surface area contributed by atoms with Crippen LogP contribution in [0, 0.1) is 0 Å². The van der Waals surface area contributed by atoms with E-state index in [1.54, 1.807) is 0 Å². The van der Waals surface area contributed by atoms with Crippen LogP contribution in [0.2, 0.25) is 0 Å². The zero-order chi connectivity index (χ0) is 13.0. The number of amides is 1. The van der Waals surface area contributed by atoms with Gasteiger partial charge in [0, 0.05) is 32.9 Å². The van der Waals surface area contributed by atoms with Crippen LogP contribution in [-0.4, -0.2) is 42.0 Å². The van der Waals surface area contributed by atoms with E-state index in [1.807, 2.05) is 26.2 Å². The van der Waals surface area contributed by atoms with Gasteiger partial charge in [0.15, 0.2) is 0 Å². The summed E-state index contributed by atoms with van der Waals surface area (Å²) in [5.41, 5.74) is 1.14. The van der Waals surface area contributed by atoms with Gasteiger partial charge in [-0.2, -0.15) is 0 Å². The quantitative estimate of drug-likeness (QED) is 0.829. The van der Waals surface area contributed by atoms with Crippen LogP contribution in [0.15, 0.2) is 18.3 Å². The Balaban J connectivity index is 2.04. The van der Waals surface area contributed by atoms with Crippen molar-refractivity contribution in [3.63, 3.8) is 0 Å². The van der Waals surface area contributed by atoms with Gasteiger partial charge in [0.2, 0.25) is 5.91 Å². The molecule has 0 saturated carbocycles. The van der Waals surface area contributed by atoms with Gasteiger partial charge in [-0.25, -0.2) is 4.98 Å². The Hall–Kier alpha value is -1.62. The van der Waals surface area contributed by atoms with Crippen molar-refractivity contribution >= 4 is 11.7 Å². The Labute approximate surface area is 108 Å². The van der Waals surface area contributed by atoms with Gasteiger partial charge >= 0.3 is 0 Å². The molecule has 2 N–H and O–H groups in total. The molecule has 1 aliphatic heterocycles. The number of nitrogens with one attached hydrogen (secondary N) is 2. The molecule has 1 fully saturated rings. The minimum absolute atomic E-state index is 0.0114. The van der Waals surface area contributed by atoms with Crippen LogP contribution < -0.4 is 10.6 Å². The molecule has 0 spiro atoms. The number of carbonyl (C=O) groups excluding carboxylic acids is 1. The molecule has 2 rings (SSSR count). The Kier molecular flexibility index (Phi) is 4.15. The van der Waals surface area contributed by atoms with Crippen LogP contribution >= 0.6 is 0 Å². The molecule has 0 aromatic carbocycles. The fourth-order valence-electron chi connectivity index (χ4n) is 2.30.